The first-order valence-corrected chi connectivity index (χ1v) is 13.6. The summed E-state index contributed by atoms with van der Waals surface area (Å²) in [6.45, 7) is 7.33. The summed E-state index contributed by atoms with van der Waals surface area (Å²) >= 11 is 0. The third kappa shape index (κ3) is 3.85. The minimum Gasteiger partial charge on any atom is -0.305 e. The average molecular weight is 510 g/mol. The quantitative estimate of drug-likeness (QED) is 0.241. The van der Waals surface area contributed by atoms with Crippen LogP contribution >= 0.6 is 0 Å². The molecule has 0 fully saturated rings. The lowest BCUT2D eigenvalue weighted by atomic mass is 9.93. The lowest BCUT2D eigenvalue weighted by Crippen LogP contribution is -2.42. The number of anilines is 2. The van der Waals surface area contributed by atoms with Crippen molar-refractivity contribution in [3.05, 3.63) is 137 Å². The van der Waals surface area contributed by atoms with Crippen LogP contribution in [0.1, 0.15) is 53.8 Å². The highest BCUT2D eigenvalue weighted by molar-refractivity contribution is 6.18. The summed E-state index contributed by atoms with van der Waals surface area (Å²) in [6, 6.07) is 38.7. The van der Waals surface area contributed by atoms with Gasteiger partial charge in [-0.3, -0.25) is 4.90 Å². The molecule has 5 aromatic rings. The fourth-order valence-electron chi connectivity index (χ4n) is 5.84. The second kappa shape index (κ2) is 9.28. The van der Waals surface area contributed by atoms with E-state index in [1.807, 2.05) is 10.7 Å². The van der Waals surface area contributed by atoms with E-state index in [4.69, 9.17) is 10.1 Å². The van der Waals surface area contributed by atoms with Gasteiger partial charge < -0.3 is 4.90 Å². The highest BCUT2D eigenvalue weighted by Crippen LogP contribution is 2.51. The Morgan fingerprint density at radius 1 is 0.744 bits per heavy atom. The van der Waals surface area contributed by atoms with Gasteiger partial charge >= 0.3 is 0 Å². The van der Waals surface area contributed by atoms with Crippen molar-refractivity contribution in [2.75, 3.05) is 9.80 Å². The van der Waals surface area contributed by atoms with E-state index in [1.54, 1.807) is 0 Å². The Bertz CT molecular complexity index is 1670. The second-order valence-electron chi connectivity index (χ2n) is 10.6. The summed E-state index contributed by atoms with van der Waals surface area (Å²) in [5, 5.41) is 5.04. The number of hydrogen-bond donors (Lipinski definition) is 0. The molecule has 0 saturated carbocycles. The van der Waals surface area contributed by atoms with Crippen molar-refractivity contribution < 1.29 is 0 Å². The molecule has 1 atom stereocenters. The van der Waals surface area contributed by atoms with Crippen molar-refractivity contribution >= 4 is 23.2 Å². The largest absolute Gasteiger partial charge is 0.305 e. The Morgan fingerprint density at radius 2 is 1.38 bits per heavy atom. The van der Waals surface area contributed by atoms with Gasteiger partial charge in [-0.25, -0.2) is 4.68 Å². The van der Waals surface area contributed by atoms with E-state index in [1.165, 1.54) is 28.1 Å². The van der Waals surface area contributed by atoms with E-state index >= 15 is 0 Å². The van der Waals surface area contributed by atoms with Gasteiger partial charge in [0.05, 0.1) is 35.3 Å². The molecule has 39 heavy (non-hydrogen) atoms. The molecule has 2 aliphatic heterocycles. The number of guanidine groups is 1. The Hall–Kier alpha value is -4.64. The predicted octanol–water partition coefficient (Wildman–Crippen LogP) is 7.92. The molecule has 1 aromatic heterocycles. The molecule has 5 heteroatoms. The highest BCUT2D eigenvalue weighted by Gasteiger charge is 2.44. The van der Waals surface area contributed by atoms with Crippen LogP contribution in [0.25, 0.3) is 5.69 Å². The van der Waals surface area contributed by atoms with E-state index in [-0.39, 0.29) is 6.04 Å². The number of benzene rings is 4. The fraction of sp³-hybridized carbons (Fsp3) is 0.176. The molecule has 0 unspecified atom stereocenters. The van der Waals surface area contributed by atoms with Crippen LogP contribution in [0.3, 0.4) is 0 Å². The maximum atomic E-state index is 5.39. The minimum absolute atomic E-state index is 0.0481. The van der Waals surface area contributed by atoms with Crippen LogP contribution in [0.15, 0.2) is 114 Å². The first-order chi connectivity index (χ1) is 19.1. The number of aliphatic imine (C=N–C) groups is 1. The number of aryl methyl sites for hydroxylation is 1. The summed E-state index contributed by atoms with van der Waals surface area (Å²) in [5.74, 6) is 2.31. The average Bonchev–Trinajstić information content (AvgIpc) is 3.47. The third-order valence-electron chi connectivity index (χ3n) is 7.81. The first kappa shape index (κ1) is 23.5. The second-order valence-corrected chi connectivity index (χ2v) is 10.6. The van der Waals surface area contributed by atoms with Gasteiger partial charge in [0.1, 0.15) is 0 Å². The van der Waals surface area contributed by atoms with Crippen molar-refractivity contribution in [3.63, 3.8) is 0 Å². The van der Waals surface area contributed by atoms with E-state index in [0.29, 0.717) is 5.92 Å². The van der Waals surface area contributed by atoms with Gasteiger partial charge in [-0.05, 0) is 53.8 Å². The van der Waals surface area contributed by atoms with Crippen LogP contribution in [0.2, 0.25) is 0 Å². The molecular formula is C34H31N5. The molecule has 7 rings (SSSR count). The molecule has 0 amide bonds. The van der Waals surface area contributed by atoms with Gasteiger partial charge in [0, 0.05) is 5.56 Å². The molecule has 0 aliphatic carbocycles. The van der Waals surface area contributed by atoms with Crippen molar-refractivity contribution in [1.82, 2.24) is 9.78 Å². The van der Waals surface area contributed by atoms with Crippen LogP contribution in [0.5, 0.6) is 0 Å². The van der Waals surface area contributed by atoms with Gasteiger partial charge in [-0.1, -0.05) is 98.8 Å². The number of nitrogens with zero attached hydrogens (tertiary/aromatic N) is 5. The normalized spacial score (nSPS) is 15.7. The van der Waals surface area contributed by atoms with E-state index < -0.39 is 0 Å². The molecule has 3 heterocycles. The highest BCUT2D eigenvalue weighted by atomic mass is 15.5. The molecule has 0 saturated heterocycles. The smallest absolute Gasteiger partial charge is 0.213 e. The van der Waals surface area contributed by atoms with Crippen LogP contribution in [-0.4, -0.2) is 15.7 Å². The molecule has 4 aromatic carbocycles. The Morgan fingerprint density at radius 3 is 2.08 bits per heavy atom. The summed E-state index contributed by atoms with van der Waals surface area (Å²) in [7, 11) is 0. The fourth-order valence-corrected chi connectivity index (χ4v) is 5.84. The van der Waals surface area contributed by atoms with Crippen molar-refractivity contribution in [1.29, 1.82) is 0 Å². The first-order valence-electron chi connectivity index (χ1n) is 13.6. The van der Waals surface area contributed by atoms with Crippen molar-refractivity contribution in [2.45, 2.75) is 39.3 Å². The Balaban J connectivity index is 1.47. The summed E-state index contributed by atoms with van der Waals surface area (Å²) in [6.07, 6.45) is 0. The number of hydrogen-bond acceptors (Lipinski definition) is 4. The molecule has 5 nitrogen and oxygen atoms in total. The van der Waals surface area contributed by atoms with E-state index in [2.05, 4.69) is 134 Å². The maximum Gasteiger partial charge on any atom is 0.213 e. The Kier molecular flexibility index (Phi) is 5.58. The molecule has 0 spiro atoms. The predicted molar refractivity (Wildman–Crippen MR) is 159 cm³/mol. The summed E-state index contributed by atoms with van der Waals surface area (Å²) in [4.78, 5) is 10.1. The Labute approximate surface area is 229 Å². The topological polar surface area (TPSA) is 36.7 Å². The van der Waals surface area contributed by atoms with Gasteiger partial charge in [0.15, 0.2) is 5.82 Å². The molecular weight excluding hydrogens is 478 g/mol. The lowest BCUT2D eigenvalue weighted by molar-refractivity contribution is 0.806. The summed E-state index contributed by atoms with van der Waals surface area (Å²) < 4.78 is 2.01. The van der Waals surface area contributed by atoms with Crippen LogP contribution in [0.4, 0.5) is 17.2 Å². The van der Waals surface area contributed by atoms with E-state index in [0.717, 1.165) is 35.3 Å². The molecule has 192 valence electrons. The zero-order valence-electron chi connectivity index (χ0n) is 22.5. The SMILES string of the molecule is Cc1nn(-c2ccccc2)c2c1[C@H](c1ccc(C(C)C)cc1)N1C(=N2)N(Cc2ccccc2)c2ccccc21. The zero-order chi connectivity index (χ0) is 26.5. The van der Waals surface area contributed by atoms with Gasteiger partial charge in [0.2, 0.25) is 5.96 Å². The van der Waals surface area contributed by atoms with E-state index in [9.17, 15) is 0 Å². The van der Waals surface area contributed by atoms with Crippen LogP contribution in [-0.2, 0) is 6.54 Å². The lowest BCUT2D eigenvalue weighted by Gasteiger charge is -2.35. The van der Waals surface area contributed by atoms with Gasteiger partial charge in [0.25, 0.3) is 0 Å². The number of fused-ring (bicyclic) bond motifs is 4. The monoisotopic (exact) mass is 509 g/mol. The molecule has 2 aliphatic rings. The van der Waals surface area contributed by atoms with Gasteiger partial charge in [-0.15, -0.1) is 0 Å². The van der Waals surface area contributed by atoms with Crippen LogP contribution < -0.4 is 9.80 Å². The van der Waals surface area contributed by atoms with Crippen molar-refractivity contribution in [2.24, 2.45) is 4.99 Å². The maximum absolute atomic E-state index is 5.39. The molecule has 0 radical (unpaired) electrons. The zero-order valence-corrected chi connectivity index (χ0v) is 22.5. The standard InChI is InChI=1S/C34H31N5/c1-23(2)26-18-20-27(21-19-26)32-31-24(3)36-39(28-14-8-5-9-15-28)33(31)35-34-37(22-25-12-6-4-7-13-25)29-16-10-11-17-30(29)38(32)34/h4-21,23,32H,22H2,1-3H3/t32-/m0/s1. The number of rotatable bonds is 5. The molecule has 0 bridgehead atoms. The number of aromatic nitrogens is 2. The third-order valence-corrected chi connectivity index (χ3v) is 7.81. The van der Waals surface area contributed by atoms with Gasteiger partial charge in [-0.2, -0.15) is 10.1 Å². The minimum atomic E-state index is -0.0481. The van der Waals surface area contributed by atoms with Crippen molar-refractivity contribution in [3.8, 4) is 5.69 Å². The summed E-state index contributed by atoms with van der Waals surface area (Å²) in [5.41, 5.74) is 9.32. The molecule has 0 N–H and O–H groups in total. The number of para-hydroxylation sites is 3. The van der Waals surface area contributed by atoms with Crippen LogP contribution in [0, 0.1) is 6.92 Å².